The van der Waals surface area contributed by atoms with E-state index in [1.807, 2.05) is 0 Å². The molecule has 0 saturated heterocycles. The van der Waals surface area contributed by atoms with Crippen LogP contribution in [0.25, 0.3) is 0 Å². The van der Waals surface area contributed by atoms with Crippen molar-refractivity contribution in [3.63, 3.8) is 0 Å². The minimum Gasteiger partial charge on any atom is -0.312 e. The zero-order chi connectivity index (χ0) is 10.7. The van der Waals surface area contributed by atoms with Crippen LogP contribution in [-0.2, 0) is 0 Å². The van der Waals surface area contributed by atoms with Crippen LogP contribution in [0.15, 0.2) is 0 Å². The zero-order valence-corrected chi connectivity index (χ0v) is 11.7. The molecule has 0 spiro atoms. The summed E-state index contributed by atoms with van der Waals surface area (Å²) in [4.78, 5) is 0. The van der Waals surface area contributed by atoms with Gasteiger partial charge in [0.1, 0.15) is 0 Å². The van der Waals surface area contributed by atoms with Gasteiger partial charge in [-0.15, -0.1) is 11.1 Å². The van der Waals surface area contributed by atoms with Gasteiger partial charge >= 0.3 is 0 Å². The second kappa shape index (κ2) is 4.81. The molecule has 0 fully saturated rings. The fourth-order valence-electron chi connectivity index (χ4n) is 1.95. The van der Waals surface area contributed by atoms with E-state index in [0.29, 0.717) is 0 Å². The molecular formula is C10H24ClNSi. The van der Waals surface area contributed by atoms with Crippen LogP contribution in [0, 0.1) is 0 Å². The Bertz CT molecular complexity index is 151. The normalized spacial score (nSPS) is 17.5. The van der Waals surface area contributed by atoms with Crippen molar-refractivity contribution in [1.29, 1.82) is 0 Å². The Morgan fingerprint density at radius 3 is 1.54 bits per heavy atom. The third kappa shape index (κ3) is 2.71. The highest BCUT2D eigenvalue weighted by molar-refractivity contribution is 7.20. The molecule has 0 aliphatic heterocycles. The lowest BCUT2D eigenvalue weighted by atomic mass is 10.2. The Morgan fingerprint density at radius 1 is 1.08 bits per heavy atom. The molecule has 0 aliphatic rings. The van der Waals surface area contributed by atoms with Crippen molar-refractivity contribution in [2.24, 2.45) is 0 Å². The van der Waals surface area contributed by atoms with Gasteiger partial charge in [0.15, 0.2) is 0 Å². The van der Waals surface area contributed by atoms with E-state index >= 15 is 0 Å². The fraction of sp³-hybridized carbons (Fsp3) is 1.00. The fourth-order valence-corrected chi connectivity index (χ4v) is 6.13. The van der Waals surface area contributed by atoms with Crippen LogP contribution >= 0.6 is 11.1 Å². The molecule has 0 N–H and O–H groups in total. The summed E-state index contributed by atoms with van der Waals surface area (Å²) in [7, 11) is -1.75. The van der Waals surface area contributed by atoms with Crippen LogP contribution < -0.4 is 0 Å². The molecule has 0 aromatic carbocycles. The van der Waals surface area contributed by atoms with E-state index in [1.165, 1.54) is 0 Å². The van der Waals surface area contributed by atoms with Crippen LogP contribution in [0.1, 0.15) is 41.5 Å². The monoisotopic (exact) mass is 221 g/mol. The molecule has 0 rings (SSSR count). The molecule has 1 nitrogen and oxygen atoms in total. The van der Waals surface area contributed by atoms with Gasteiger partial charge in [0.05, 0.1) is 0 Å². The van der Waals surface area contributed by atoms with Crippen molar-refractivity contribution < 1.29 is 0 Å². The van der Waals surface area contributed by atoms with Crippen LogP contribution in [0.2, 0.25) is 11.1 Å². The Labute approximate surface area is 89.3 Å². The van der Waals surface area contributed by atoms with Crippen molar-refractivity contribution in [1.82, 2.24) is 4.57 Å². The molecule has 1 unspecified atom stereocenters. The lowest BCUT2D eigenvalue weighted by Gasteiger charge is -2.44. The third-order valence-corrected chi connectivity index (χ3v) is 11.0. The number of hydrogen-bond acceptors (Lipinski definition) is 1. The number of nitrogens with zero attached hydrogens (tertiary/aromatic N) is 1. The molecule has 0 bridgehead atoms. The largest absolute Gasteiger partial charge is 0.312 e. The molecular weight excluding hydrogens is 198 g/mol. The van der Waals surface area contributed by atoms with Crippen molar-refractivity contribution in [3.05, 3.63) is 0 Å². The first-order valence-corrected chi connectivity index (χ1v) is 8.44. The van der Waals surface area contributed by atoms with Crippen LogP contribution in [0.4, 0.5) is 0 Å². The molecule has 0 saturated carbocycles. The average molecular weight is 222 g/mol. The average Bonchev–Trinajstić information content (AvgIpc) is 2.04. The van der Waals surface area contributed by atoms with E-state index in [4.69, 9.17) is 11.1 Å². The first kappa shape index (κ1) is 13.5. The quantitative estimate of drug-likeness (QED) is 0.515. The van der Waals surface area contributed by atoms with Crippen LogP contribution in [0.5, 0.6) is 0 Å². The lowest BCUT2D eigenvalue weighted by Crippen LogP contribution is -2.54. The van der Waals surface area contributed by atoms with Gasteiger partial charge in [-0.3, -0.25) is 0 Å². The summed E-state index contributed by atoms with van der Waals surface area (Å²) >= 11 is 6.83. The molecule has 0 aromatic heterocycles. The first-order chi connectivity index (χ1) is 5.83. The smallest absolute Gasteiger partial charge is 0.234 e. The third-order valence-electron chi connectivity index (χ3n) is 2.88. The second-order valence-electron chi connectivity index (χ2n) is 4.54. The van der Waals surface area contributed by atoms with E-state index in [9.17, 15) is 0 Å². The summed E-state index contributed by atoms with van der Waals surface area (Å²) in [6, 6.07) is 1.12. The van der Waals surface area contributed by atoms with Gasteiger partial charge < -0.3 is 4.57 Å². The van der Waals surface area contributed by atoms with Gasteiger partial charge in [0.2, 0.25) is 7.55 Å². The van der Waals surface area contributed by atoms with Crippen LogP contribution in [-0.4, -0.2) is 25.2 Å². The zero-order valence-electron chi connectivity index (χ0n) is 9.95. The minimum absolute atomic E-state index is 0.259. The van der Waals surface area contributed by atoms with Crippen molar-refractivity contribution in [3.8, 4) is 0 Å². The lowest BCUT2D eigenvalue weighted by molar-refractivity contribution is 0.442. The maximum atomic E-state index is 6.83. The van der Waals surface area contributed by atoms with Gasteiger partial charge in [-0.2, -0.15) is 0 Å². The summed E-state index contributed by atoms with van der Waals surface area (Å²) in [6.45, 7) is 15.6. The second-order valence-corrected chi connectivity index (χ2v) is 10.8. The van der Waals surface area contributed by atoms with Crippen molar-refractivity contribution >= 4 is 18.6 Å². The molecule has 80 valence electrons. The van der Waals surface area contributed by atoms with Crippen molar-refractivity contribution in [2.45, 2.75) is 52.6 Å². The first-order valence-electron chi connectivity index (χ1n) is 5.27. The molecule has 1 atom stereocenters. The summed E-state index contributed by atoms with van der Waals surface area (Å²) < 4.78 is 2.48. The molecule has 0 heterocycles. The number of halogens is 1. The standard InChI is InChI=1S/C10H24ClNSi/c1-7-12(8-2)13(11,9-3)10(4,5)6/h7-9H2,1-6H3. The van der Waals surface area contributed by atoms with Gasteiger partial charge in [-0.25, -0.2) is 0 Å². The van der Waals surface area contributed by atoms with E-state index in [0.717, 1.165) is 19.1 Å². The highest BCUT2D eigenvalue weighted by Crippen LogP contribution is 2.43. The number of hydrogen-bond donors (Lipinski definition) is 0. The molecule has 0 radical (unpaired) electrons. The Kier molecular flexibility index (Phi) is 4.98. The SMILES string of the molecule is CCN(CC)[Si](Cl)(CC)C(C)(C)C. The summed E-state index contributed by atoms with van der Waals surface area (Å²) in [5.74, 6) is 0. The predicted molar refractivity (Wildman–Crippen MR) is 64.7 cm³/mol. The Hall–Kier alpha value is 0.467. The highest BCUT2D eigenvalue weighted by atomic mass is 35.6. The van der Waals surface area contributed by atoms with E-state index in [1.54, 1.807) is 0 Å². The minimum atomic E-state index is -1.75. The Balaban J connectivity index is 4.80. The maximum absolute atomic E-state index is 6.83. The summed E-state index contributed by atoms with van der Waals surface area (Å²) in [6.07, 6.45) is 0. The van der Waals surface area contributed by atoms with Gasteiger partial charge in [-0.1, -0.05) is 41.5 Å². The van der Waals surface area contributed by atoms with Gasteiger partial charge in [-0.05, 0) is 24.2 Å². The van der Waals surface area contributed by atoms with Gasteiger partial charge in [0, 0.05) is 0 Å². The summed E-state index contributed by atoms with van der Waals surface area (Å²) in [5, 5.41) is 0.259. The molecule has 0 amide bonds. The van der Waals surface area contributed by atoms with Crippen molar-refractivity contribution in [2.75, 3.05) is 13.1 Å². The highest BCUT2D eigenvalue weighted by Gasteiger charge is 2.45. The van der Waals surface area contributed by atoms with Crippen LogP contribution in [0.3, 0.4) is 0 Å². The summed E-state index contributed by atoms with van der Waals surface area (Å²) in [5.41, 5.74) is 0. The molecule has 13 heavy (non-hydrogen) atoms. The maximum Gasteiger partial charge on any atom is 0.234 e. The Morgan fingerprint density at radius 2 is 1.46 bits per heavy atom. The molecule has 0 aromatic rings. The number of rotatable bonds is 4. The molecule has 0 aliphatic carbocycles. The van der Waals surface area contributed by atoms with E-state index < -0.39 is 7.55 Å². The van der Waals surface area contributed by atoms with Gasteiger partial charge in [0.25, 0.3) is 0 Å². The van der Waals surface area contributed by atoms with E-state index in [-0.39, 0.29) is 5.04 Å². The van der Waals surface area contributed by atoms with E-state index in [2.05, 4.69) is 46.1 Å². The predicted octanol–water partition coefficient (Wildman–Crippen LogP) is 3.83. The topological polar surface area (TPSA) is 3.24 Å². The molecule has 3 heteroatoms.